The Kier molecular flexibility index (Phi) is 7.12. The Hall–Kier alpha value is -4.17. The van der Waals surface area contributed by atoms with Crippen LogP contribution in [0.15, 0.2) is 97.1 Å². The number of carbonyl (C=O) groups is 2. The molecule has 4 aromatic rings. The van der Waals surface area contributed by atoms with Crippen molar-refractivity contribution in [2.45, 2.75) is 6.54 Å². The first-order chi connectivity index (χ1) is 16.8. The van der Waals surface area contributed by atoms with Crippen molar-refractivity contribution >= 4 is 44.0 Å². The van der Waals surface area contributed by atoms with Crippen molar-refractivity contribution in [3.63, 3.8) is 0 Å². The normalized spacial score (nSPS) is 11.1. The molecule has 0 heterocycles. The minimum atomic E-state index is -3.77. The van der Waals surface area contributed by atoms with Gasteiger partial charge >= 0.3 is 0 Å². The van der Waals surface area contributed by atoms with Crippen molar-refractivity contribution in [2.75, 3.05) is 22.4 Å². The van der Waals surface area contributed by atoms with Gasteiger partial charge in [-0.15, -0.1) is 0 Å². The molecule has 7 nitrogen and oxygen atoms in total. The summed E-state index contributed by atoms with van der Waals surface area (Å²) in [7, 11) is -3.77. The number of nitrogens with zero attached hydrogens (tertiary/aromatic N) is 1. The summed E-state index contributed by atoms with van der Waals surface area (Å²) in [5, 5.41) is 7.12. The molecule has 0 aliphatic rings. The summed E-state index contributed by atoms with van der Waals surface area (Å²) in [6.07, 6.45) is 1.06. The minimum Gasteiger partial charge on any atom is -0.348 e. The highest BCUT2D eigenvalue weighted by Gasteiger charge is 2.23. The van der Waals surface area contributed by atoms with Gasteiger partial charge in [-0.05, 0) is 29.1 Å². The lowest BCUT2D eigenvalue weighted by Crippen LogP contribution is -2.38. The van der Waals surface area contributed by atoms with Gasteiger partial charge in [0.05, 0.1) is 23.2 Å². The maximum atomic E-state index is 13.0. The highest BCUT2D eigenvalue weighted by molar-refractivity contribution is 7.92. The molecule has 178 valence electrons. The van der Waals surface area contributed by atoms with Gasteiger partial charge in [-0.3, -0.25) is 13.9 Å². The Morgan fingerprint density at radius 1 is 0.800 bits per heavy atom. The summed E-state index contributed by atoms with van der Waals surface area (Å²) in [4.78, 5) is 25.8. The zero-order valence-electron chi connectivity index (χ0n) is 19.1. The van der Waals surface area contributed by atoms with Crippen LogP contribution in [0.2, 0.25) is 0 Å². The Balaban J connectivity index is 1.54. The largest absolute Gasteiger partial charge is 0.348 e. The second kappa shape index (κ2) is 10.4. The van der Waals surface area contributed by atoms with Crippen molar-refractivity contribution in [1.82, 2.24) is 5.32 Å². The van der Waals surface area contributed by atoms with Gasteiger partial charge in [0.15, 0.2) is 0 Å². The SMILES string of the molecule is CS(=O)(=O)N(CC(=O)Nc1ccccc1C(=O)NCc1ccccc1)c1cccc2ccccc12. The van der Waals surface area contributed by atoms with Crippen LogP contribution in [0, 0.1) is 0 Å². The standard InChI is InChI=1S/C27H25N3O4S/c1-35(33,34)30(25-17-9-13-21-12-5-6-14-22(21)25)19-26(31)29-24-16-8-7-15-23(24)27(32)28-18-20-10-3-2-4-11-20/h2-17H,18-19H2,1H3,(H,28,32)(H,29,31). The van der Waals surface area contributed by atoms with E-state index in [4.69, 9.17) is 0 Å². The fraction of sp³-hybridized carbons (Fsp3) is 0.111. The minimum absolute atomic E-state index is 0.285. The number of para-hydroxylation sites is 1. The van der Waals surface area contributed by atoms with E-state index in [1.54, 1.807) is 36.4 Å². The van der Waals surface area contributed by atoms with E-state index < -0.39 is 22.5 Å². The Labute approximate surface area is 204 Å². The van der Waals surface area contributed by atoms with Gasteiger partial charge in [-0.2, -0.15) is 0 Å². The lowest BCUT2D eigenvalue weighted by Gasteiger charge is -2.23. The fourth-order valence-corrected chi connectivity index (χ4v) is 4.66. The van der Waals surface area contributed by atoms with E-state index in [2.05, 4.69) is 10.6 Å². The van der Waals surface area contributed by atoms with Crippen LogP contribution in [0.3, 0.4) is 0 Å². The molecule has 35 heavy (non-hydrogen) atoms. The summed E-state index contributed by atoms with van der Waals surface area (Å²) in [5.41, 5.74) is 1.94. The number of nitrogens with one attached hydrogen (secondary N) is 2. The van der Waals surface area contributed by atoms with Crippen molar-refractivity contribution in [2.24, 2.45) is 0 Å². The van der Waals surface area contributed by atoms with Crippen LogP contribution < -0.4 is 14.9 Å². The van der Waals surface area contributed by atoms with E-state index in [0.717, 1.165) is 21.5 Å². The molecule has 0 aliphatic carbocycles. The predicted octanol–water partition coefficient (Wildman–Crippen LogP) is 4.17. The quantitative estimate of drug-likeness (QED) is 0.390. The summed E-state index contributed by atoms with van der Waals surface area (Å²) in [5.74, 6) is -0.912. The topological polar surface area (TPSA) is 95.6 Å². The maximum Gasteiger partial charge on any atom is 0.253 e. The molecule has 0 aromatic heterocycles. The van der Waals surface area contributed by atoms with Gasteiger partial charge in [0, 0.05) is 11.9 Å². The number of amides is 2. The number of sulfonamides is 1. The molecular formula is C27H25N3O4S. The summed E-state index contributed by atoms with van der Waals surface area (Å²) >= 11 is 0. The summed E-state index contributed by atoms with van der Waals surface area (Å²) in [6.45, 7) is -0.0995. The van der Waals surface area contributed by atoms with E-state index in [-0.39, 0.29) is 11.5 Å². The van der Waals surface area contributed by atoms with Gasteiger partial charge in [0.1, 0.15) is 6.54 Å². The molecule has 2 N–H and O–H groups in total. The first-order valence-electron chi connectivity index (χ1n) is 11.0. The molecule has 0 aliphatic heterocycles. The van der Waals surface area contributed by atoms with Gasteiger partial charge in [0.25, 0.3) is 5.91 Å². The van der Waals surface area contributed by atoms with Crippen molar-refractivity contribution < 1.29 is 18.0 Å². The highest BCUT2D eigenvalue weighted by Crippen LogP contribution is 2.28. The maximum absolute atomic E-state index is 13.0. The molecule has 0 unspecified atom stereocenters. The van der Waals surface area contributed by atoms with Crippen LogP contribution >= 0.6 is 0 Å². The van der Waals surface area contributed by atoms with Gasteiger partial charge in [-0.1, -0.05) is 78.9 Å². The molecule has 0 saturated heterocycles. The van der Waals surface area contributed by atoms with Gasteiger partial charge in [0.2, 0.25) is 15.9 Å². The van der Waals surface area contributed by atoms with Crippen LogP contribution in [0.4, 0.5) is 11.4 Å². The average molecular weight is 488 g/mol. The van der Waals surface area contributed by atoms with Crippen LogP contribution in [-0.4, -0.2) is 33.0 Å². The number of fused-ring (bicyclic) bond motifs is 1. The van der Waals surface area contributed by atoms with Gasteiger partial charge in [-0.25, -0.2) is 8.42 Å². The van der Waals surface area contributed by atoms with Crippen molar-refractivity contribution in [3.8, 4) is 0 Å². The second-order valence-electron chi connectivity index (χ2n) is 8.03. The monoisotopic (exact) mass is 487 g/mol. The molecule has 0 fully saturated rings. The molecule has 8 heteroatoms. The molecule has 0 radical (unpaired) electrons. The molecule has 4 aromatic carbocycles. The molecule has 0 bridgehead atoms. The number of anilines is 2. The summed E-state index contributed by atoms with van der Waals surface area (Å²) in [6, 6.07) is 28.8. The highest BCUT2D eigenvalue weighted by atomic mass is 32.2. The molecular weight excluding hydrogens is 462 g/mol. The molecule has 0 spiro atoms. The first-order valence-corrected chi connectivity index (χ1v) is 12.8. The van der Waals surface area contributed by atoms with E-state index >= 15 is 0 Å². The third-order valence-electron chi connectivity index (χ3n) is 5.46. The van der Waals surface area contributed by atoms with Crippen LogP contribution in [-0.2, 0) is 21.4 Å². The van der Waals surface area contributed by atoms with Crippen molar-refractivity contribution in [1.29, 1.82) is 0 Å². The Bertz CT molecular complexity index is 1470. The van der Waals surface area contributed by atoms with E-state index in [9.17, 15) is 18.0 Å². The Morgan fingerprint density at radius 2 is 1.46 bits per heavy atom. The smallest absolute Gasteiger partial charge is 0.253 e. The average Bonchev–Trinajstić information content (AvgIpc) is 2.86. The number of hydrogen-bond acceptors (Lipinski definition) is 4. The van der Waals surface area contributed by atoms with Crippen LogP contribution in [0.5, 0.6) is 0 Å². The zero-order chi connectivity index (χ0) is 24.8. The lowest BCUT2D eigenvalue weighted by atomic mass is 10.1. The van der Waals surface area contributed by atoms with E-state index in [0.29, 0.717) is 23.3 Å². The third-order valence-corrected chi connectivity index (χ3v) is 6.59. The van der Waals surface area contributed by atoms with Crippen LogP contribution in [0.1, 0.15) is 15.9 Å². The molecule has 2 amide bonds. The van der Waals surface area contributed by atoms with Gasteiger partial charge < -0.3 is 10.6 Å². The predicted molar refractivity (Wildman–Crippen MR) is 139 cm³/mol. The van der Waals surface area contributed by atoms with Crippen LogP contribution in [0.25, 0.3) is 10.8 Å². The number of hydrogen-bond donors (Lipinski definition) is 2. The number of rotatable bonds is 8. The Morgan fingerprint density at radius 3 is 2.23 bits per heavy atom. The molecule has 0 saturated carbocycles. The van der Waals surface area contributed by atoms with E-state index in [1.807, 2.05) is 60.7 Å². The van der Waals surface area contributed by atoms with E-state index in [1.165, 1.54) is 0 Å². The van der Waals surface area contributed by atoms with Crippen molar-refractivity contribution in [3.05, 3.63) is 108 Å². The molecule has 4 rings (SSSR count). The molecule has 0 atom stereocenters. The number of carbonyl (C=O) groups excluding carboxylic acids is 2. The summed E-state index contributed by atoms with van der Waals surface area (Å²) < 4.78 is 26.4. The second-order valence-corrected chi connectivity index (χ2v) is 9.94. The number of benzene rings is 4. The zero-order valence-corrected chi connectivity index (χ0v) is 20.0. The first kappa shape index (κ1) is 24.0. The third kappa shape index (κ3) is 5.85. The fourth-order valence-electron chi connectivity index (χ4n) is 3.79. The lowest BCUT2D eigenvalue weighted by molar-refractivity contribution is -0.114.